The van der Waals surface area contributed by atoms with Gasteiger partial charge in [-0.05, 0) is 24.8 Å². The van der Waals surface area contributed by atoms with Crippen LogP contribution in [0.4, 0.5) is 0 Å². The monoisotopic (exact) mass is 189 g/mol. The Labute approximate surface area is 84.3 Å². The molecule has 0 aromatic heterocycles. The molecule has 14 heavy (non-hydrogen) atoms. The van der Waals surface area contributed by atoms with E-state index in [9.17, 15) is 4.79 Å². The van der Waals surface area contributed by atoms with Gasteiger partial charge in [-0.15, -0.1) is 0 Å². The highest BCUT2D eigenvalue weighted by Crippen LogP contribution is 2.25. The van der Waals surface area contributed by atoms with Crippen LogP contribution in [-0.4, -0.2) is 12.5 Å². The van der Waals surface area contributed by atoms with Crippen LogP contribution in [0.2, 0.25) is 0 Å². The summed E-state index contributed by atoms with van der Waals surface area (Å²) in [6.07, 6.45) is 1.71. The van der Waals surface area contributed by atoms with Crippen molar-refractivity contribution in [1.82, 2.24) is 5.32 Å². The predicted molar refractivity (Wildman–Crippen MR) is 56.2 cm³/mol. The third-order valence-electron chi connectivity index (χ3n) is 2.80. The summed E-state index contributed by atoms with van der Waals surface area (Å²) in [5.41, 5.74) is 2.57. The van der Waals surface area contributed by atoms with Crippen LogP contribution < -0.4 is 5.32 Å². The second-order valence-corrected chi connectivity index (χ2v) is 3.95. The van der Waals surface area contributed by atoms with Gasteiger partial charge in [0.1, 0.15) is 0 Å². The molecule has 1 aromatic rings. The lowest BCUT2D eigenvalue weighted by Crippen LogP contribution is -2.32. The quantitative estimate of drug-likeness (QED) is 0.719. The first-order valence-electron chi connectivity index (χ1n) is 5.09. The molecular formula is C12H15NO. The van der Waals surface area contributed by atoms with Crippen molar-refractivity contribution < 1.29 is 4.79 Å². The van der Waals surface area contributed by atoms with Gasteiger partial charge in [0.2, 0.25) is 5.91 Å². The summed E-state index contributed by atoms with van der Waals surface area (Å²) >= 11 is 0. The smallest absolute Gasteiger partial charge is 0.220 e. The first kappa shape index (κ1) is 9.25. The van der Waals surface area contributed by atoms with E-state index in [0.717, 1.165) is 13.0 Å². The summed E-state index contributed by atoms with van der Waals surface area (Å²) in [4.78, 5) is 11.2. The zero-order chi connectivity index (χ0) is 9.97. The minimum atomic E-state index is 0.182. The molecule has 0 unspecified atom stereocenters. The maximum Gasteiger partial charge on any atom is 0.220 e. The van der Waals surface area contributed by atoms with Gasteiger partial charge in [-0.3, -0.25) is 4.79 Å². The van der Waals surface area contributed by atoms with Gasteiger partial charge in [0.15, 0.2) is 0 Å². The molecule has 1 aliphatic heterocycles. The summed E-state index contributed by atoms with van der Waals surface area (Å²) < 4.78 is 0. The van der Waals surface area contributed by atoms with Gasteiger partial charge in [-0.1, -0.05) is 29.8 Å². The predicted octanol–water partition coefficient (Wildman–Crippen LogP) is 1.99. The van der Waals surface area contributed by atoms with E-state index in [2.05, 4.69) is 36.5 Å². The van der Waals surface area contributed by atoms with Crippen molar-refractivity contribution in [3.63, 3.8) is 0 Å². The first-order valence-corrected chi connectivity index (χ1v) is 5.09. The second-order valence-electron chi connectivity index (χ2n) is 3.95. The van der Waals surface area contributed by atoms with E-state index in [-0.39, 0.29) is 5.91 Å². The maximum absolute atomic E-state index is 11.2. The van der Waals surface area contributed by atoms with Gasteiger partial charge in [0.05, 0.1) is 0 Å². The van der Waals surface area contributed by atoms with Crippen molar-refractivity contribution in [2.24, 2.45) is 0 Å². The molecule has 0 radical (unpaired) electrons. The minimum Gasteiger partial charge on any atom is -0.356 e. The van der Waals surface area contributed by atoms with Crippen molar-refractivity contribution in [3.8, 4) is 0 Å². The van der Waals surface area contributed by atoms with Gasteiger partial charge < -0.3 is 5.32 Å². The van der Waals surface area contributed by atoms with Gasteiger partial charge in [0, 0.05) is 13.0 Å². The molecule has 0 spiro atoms. The molecule has 1 amide bonds. The van der Waals surface area contributed by atoms with Crippen LogP contribution in [0, 0.1) is 6.92 Å². The molecule has 1 fully saturated rings. The second kappa shape index (κ2) is 3.82. The molecule has 1 atom stereocenters. The van der Waals surface area contributed by atoms with Crippen molar-refractivity contribution in [2.45, 2.75) is 25.7 Å². The van der Waals surface area contributed by atoms with E-state index in [0.29, 0.717) is 12.3 Å². The van der Waals surface area contributed by atoms with Crippen molar-refractivity contribution in [3.05, 3.63) is 35.4 Å². The molecule has 74 valence electrons. The Morgan fingerprint density at radius 1 is 1.29 bits per heavy atom. The number of hydrogen-bond acceptors (Lipinski definition) is 1. The molecule has 1 aromatic carbocycles. The van der Waals surface area contributed by atoms with Crippen LogP contribution in [0.5, 0.6) is 0 Å². The number of nitrogens with one attached hydrogen (secondary N) is 1. The zero-order valence-corrected chi connectivity index (χ0v) is 8.42. The number of rotatable bonds is 1. The third-order valence-corrected chi connectivity index (χ3v) is 2.80. The van der Waals surface area contributed by atoms with Crippen molar-refractivity contribution in [1.29, 1.82) is 0 Å². The fraction of sp³-hybridized carbons (Fsp3) is 0.417. The molecule has 0 aliphatic carbocycles. The molecule has 1 aliphatic rings. The Kier molecular flexibility index (Phi) is 2.53. The Morgan fingerprint density at radius 3 is 2.64 bits per heavy atom. The lowest BCUT2D eigenvalue weighted by Gasteiger charge is -2.22. The third kappa shape index (κ3) is 1.95. The summed E-state index contributed by atoms with van der Waals surface area (Å²) in [5, 5.41) is 2.85. The number of amides is 1. The highest BCUT2D eigenvalue weighted by atomic mass is 16.1. The molecule has 1 saturated heterocycles. The lowest BCUT2D eigenvalue weighted by atomic mass is 9.89. The number of benzene rings is 1. The molecule has 1 N–H and O–H groups in total. The normalized spacial score (nSPS) is 21.8. The van der Waals surface area contributed by atoms with Gasteiger partial charge in [-0.2, -0.15) is 0 Å². The Morgan fingerprint density at radius 2 is 2.00 bits per heavy atom. The lowest BCUT2D eigenvalue weighted by molar-refractivity contribution is -0.122. The van der Waals surface area contributed by atoms with Gasteiger partial charge in [0.25, 0.3) is 0 Å². The average molecular weight is 189 g/mol. The fourth-order valence-corrected chi connectivity index (χ4v) is 1.91. The molecule has 0 saturated carbocycles. The Balaban J connectivity index is 2.14. The largest absolute Gasteiger partial charge is 0.356 e. The Bertz CT molecular complexity index is 329. The van der Waals surface area contributed by atoms with E-state index in [4.69, 9.17) is 0 Å². The van der Waals surface area contributed by atoms with Gasteiger partial charge in [-0.25, -0.2) is 0 Å². The van der Waals surface area contributed by atoms with E-state index >= 15 is 0 Å². The van der Waals surface area contributed by atoms with Crippen molar-refractivity contribution in [2.75, 3.05) is 6.54 Å². The van der Waals surface area contributed by atoms with E-state index in [1.807, 2.05) is 0 Å². The van der Waals surface area contributed by atoms with Crippen LogP contribution in [0.25, 0.3) is 0 Å². The maximum atomic E-state index is 11.2. The van der Waals surface area contributed by atoms with Gasteiger partial charge >= 0.3 is 0 Å². The molecule has 2 heteroatoms. The fourth-order valence-electron chi connectivity index (χ4n) is 1.91. The van der Waals surface area contributed by atoms with Crippen LogP contribution in [0.15, 0.2) is 24.3 Å². The number of aryl methyl sites for hydroxylation is 1. The Hall–Kier alpha value is -1.31. The SMILES string of the molecule is Cc1ccc([C@H]2CCNC(=O)C2)cc1. The van der Waals surface area contributed by atoms with Crippen molar-refractivity contribution >= 4 is 5.91 Å². The number of piperidine rings is 1. The highest BCUT2D eigenvalue weighted by molar-refractivity contribution is 5.77. The van der Waals surface area contributed by atoms with E-state index < -0.39 is 0 Å². The number of carbonyl (C=O) groups is 1. The molecule has 2 rings (SSSR count). The summed E-state index contributed by atoms with van der Waals surface area (Å²) in [7, 11) is 0. The summed E-state index contributed by atoms with van der Waals surface area (Å²) in [6.45, 7) is 2.90. The standard InChI is InChI=1S/C12H15NO/c1-9-2-4-10(5-3-9)11-6-7-13-12(14)8-11/h2-5,11H,6-8H2,1H3,(H,13,14)/t11-/m0/s1. The minimum absolute atomic E-state index is 0.182. The average Bonchev–Trinajstić information content (AvgIpc) is 2.19. The summed E-state index contributed by atoms with van der Waals surface area (Å²) in [5.74, 6) is 0.603. The first-order chi connectivity index (χ1) is 6.75. The van der Waals surface area contributed by atoms with E-state index in [1.54, 1.807) is 0 Å². The molecular weight excluding hydrogens is 174 g/mol. The van der Waals surface area contributed by atoms with Crippen LogP contribution in [-0.2, 0) is 4.79 Å². The molecule has 2 nitrogen and oxygen atoms in total. The number of hydrogen-bond donors (Lipinski definition) is 1. The van der Waals surface area contributed by atoms with Crippen LogP contribution in [0.3, 0.4) is 0 Å². The zero-order valence-electron chi connectivity index (χ0n) is 8.42. The molecule has 0 bridgehead atoms. The van der Waals surface area contributed by atoms with E-state index in [1.165, 1.54) is 11.1 Å². The number of carbonyl (C=O) groups excluding carboxylic acids is 1. The van der Waals surface area contributed by atoms with Crippen LogP contribution >= 0.6 is 0 Å². The topological polar surface area (TPSA) is 29.1 Å². The highest BCUT2D eigenvalue weighted by Gasteiger charge is 2.19. The summed E-state index contributed by atoms with van der Waals surface area (Å²) in [6, 6.07) is 8.50. The van der Waals surface area contributed by atoms with Crippen LogP contribution in [0.1, 0.15) is 29.9 Å². The molecule has 1 heterocycles.